The topological polar surface area (TPSA) is 27.7 Å². The second-order valence-electron chi connectivity index (χ2n) is 8.31. The van der Waals surface area contributed by atoms with Gasteiger partial charge in [0.15, 0.2) is 0 Å². The molecular weight excluding hydrogens is 314 g/mol. The van der Waals surface area contributed by atoms with Gasteiger partial charge in [0.2, 0.25) is 0 Å². The summed E-state index contributed by atoms with van der Waals surface area (Å²) in [7, 11) is 1.70. The molecule has 0 bridgehead atoms. The number of benzene rings is 1. The summed E-state index contributed by atoms with van der Waals surface area (Å²) >= 11 is 0. The quantitative estimate of drug-likeness (QED) is 0.411. The van der Waals surface area contributed by atoms with Crippen LogP contribution in [0.15, 0.2) is 30.3 Å². The van der Waals surface area contributed by atoms with Gasteiger partial charge in [0, 0.05) is 30.9 Å². The molecule has 1 aromatic carbocycles. The van der Waals surface area contributed by atoms with E-state index in [-0.39, 0.29) is 0 Å². The lowest BCUT2D eigenvalue weighted by molar-refractivity contribution is -0.966. The highest BCUT2D eigenvalue weighted by Crippen LogP contribution is 2.61. The normalized spacial score (nSPS) is 39.0. The van der Waals surface area contributed by atoms with Crippen molar-refractivity contribution < 1.29 is 18.7 Å². The van der Waals surface area contributed by atoms with Crippen LogP contribution in [0.4, 0.5) is 0 Å². The van der Waals surface area contributed by atoms with Crippen LogP contribution in [0.5, 0.6) is 0 Å². The Labute approximate surface area is 151 Å². The van der Waals surface area contributed by atoms with Crippen molar-refractivity contribution in [2.24, 2.45) is 11.8 Å². The van der Waals surface area contributed by atoms with Gasteiger partial charge in [-0.3, -0.25) is 0 Å². The minimum Gasteiger partial charge on any atom is -0.382 e. The molecule has 2 heterocycles. The van der Waals surface area contributed by atoms with Crippen LogP contribution in [-0.4, -0.2) is 56.3 Å². The van der Waals surface area contributed by atoms with Crippen LogP contribution in [0.3, 0.4) is 0 Å². The Bertz CT molecular complexity index is 580. The molecule has 3 aliphatic rings. The van der Waals surface area contributed by atoms with Crippen LogP contribution in [-0.2, 0) is 20.8 Å². The van der Waals surface area contributed by atoms with Crippen molar-refractivity contribution in [1.82, 2.24) is 0 Å². The van der Waals surface area contributed by atoms with Gasteiger partial charge in [-0.15, -0.1) is 0 Å². The smallest absolute Gasteiger partial charge is 0.147 e. The molecule has 0 amide bonds. The number of ether oxygens (including phenoxy) is 3. The highest BCUT2D eigenvalue weighted by molar-refractivity contribution is 5.16. The van der Waals surface area contributed by atoms with Crippen LogP contribution >= 0.6 is 0 Å². The van der Waals surface area contributed by atoms with Gasteiger partial charge in [-0.05, 0) is 19.8 Å². The molecular formula is C21H32NO3+. The van der Waals surface area contributed by atoms with Gasteiger partial charge in [-0.1, -0.05) is 30.3 Å². The Balaban J connectivity index is 1.49. The molecule has 2 saturated heterocycles. The zero-order chi connectivity index (χ0) is 17.3. The van der Waals surface area contributed by atoms with Gasteiger partial charge in [0.1, 0.15) is 31.5 Å². The van der Waals surface area contributed by atoms with Crippen LogP contribution in [0.1, 0.15) is 31.7 Å². The molecule has 5 atom stereocenters. The largest absolute Gasteiger partial charge is 0.382 e. The van der Waals surface area contributed by atoms with Gasteiger partial charge >= 0.3 is 0 Å². The van der Waals surface area contributed by atoms with Crippen molar-refractivity contribution in [2.75, 3.05) is 40.2 Å². The first kappa shape index (κ1) is 17.5. The van der Waals surface area contributed by atoms with E-state index in [9.17, 15) is 0 Å². The number of nitrogens with zero attached hydrogens (tertiary/aromatic N) is 1. The predicted octanol–water partition coefficient (Wildman–Crippen LogP) is 3.21. The third-order valence-corrected chi connectivity index (χ3v) is 7.43. The summed E-state index contributed by atoms with van der Waals surface area (Å²) in [6, 6.07) is 11.0. The molecule has 138 valence electrons. The highest BCUT2D eigenvalue weighted by Gasteiger charge is 2.71. The maximum absolute atomic E-state index is 6.25. The second kappa shape index (κ2) is 6.99. The van der Waals surface area contributed by atoms with E-state index in [4.69, 9.17) is 14.2 Å². The summed E-state index contributed by atoms with van der Waals surface area (Å²) in [5.74, 6) is 1.54. The molecule has 1 aromatic rings. The Morgan fingerprint density at radius 3 is 2.76 bits per heavy atom. The summed E-state index contributed by atoms with van der Waals surface area (Å²) in [6.07, 6.45) is 4.41. The molecule has 4 rings (SSSR count). The molecule has 0 aromatic heterocycles. The van der Waals surface area contributed by atoms with Crippen molar-refractivity contribution >= 4 is 0 Å². The first-order valence-electron chi connectivity index (χ1n) is 9.78. The summed E-state index contributed by atoms with van der Waals surface area (Å²) < 4.78 is 18.1. The molecule has 1 aliphatic carbocycles. The van der Waals surface area contributed by atoms with E-state index in [0.29, 0.717) is 37.6 Å². The maximum Gasteiger partial charge on any atom is 0.147 e. The summed E-state index contributed by atoms with van der Waals surface area (Å²) in [5.41, 5.74) is 1.85. The fraction of sp³-hybridized carbons (Fsp3) is 0.714. The van der Waals surface area contributed by atoms with E-state index in [1.54, 1.807) is 7.11 Å². The lowest BCUT2D eigenvalue weighted by Crippen LogP contribution is -2.57. The van der Waals surface area contributed by atoms with Crippen molar-refractivity contribution in [2.45, 2.75) is 44.4 Å². The van der Waals surface area contributed by atoms with E-state index in [1.807, 2.05) is 0 Å². The van der Waals surface area contributed by atoms with Crippen LogP contribution in [0.25, 0.3) is 0 Å². The van der Waals surface area contributed by atoms with E-state index in [0.717, 1.165) is 19.0 Å². The lowest BCUT2D eigenvalue weighted by atomic mass is 9.83. The average molecular weight is 346 g/mol. The van der Waals surface area contributed by atoms with Crippen LogP contribution in [0.2, 0.25) is 0 Å². The van der Waals surface area contributed by atoms with E-state index < -0.39 is 0 Å². The van der Waals surface area contributed by atoms with E-state index in [2.05, 4.69) is 37.3 Å². The molecule has 4 heteroatoms. The Kier molecular flexibility index (Phi) is 4.89. The monoisotopic (exact) mass is 346 g/mol. The molecule has 25 heavy (non-hydrogen) atoms. The van der Waals surface area contributed by atoms with Gasteiger partial charge in [0.05, 0.1) is 19.8 Å². The zero-order valence-corrected chi connectivity index (χ0v) is 15.7. The molecule has 4 nitrogen and oxygen atoms in total. The zero-order valence-electron chi connectivity index (χ0n) is 15.7. The summed E-state index contributed by atoms with van der Waals surface area (Å²) in [5, 5.41) is 0. The van der Waals surface area contributed by atoms with Gasteiger partial charge in [0.25, 0.3) is 0 Å². The number of hydrogen-bond acceptors (Lipinski definition) is 3. The molecule has 0 N–H and O–H groups in total. The lowest BCUT2D eigenvalue weighted by Gasteiger charge is -2.43. The number of hydrogen-bond donors (Lipinski definition) is 0. The molecule has 0 unspecified atom stereocenters. The standard InChI is InChI=1S/C21H32NO3/c1-21-18-8-9-19(21)20(25-16-24-13-12-23-2)15-22(21,11-10-18)14-17-6-4-3-5-7-17/h3-7,18-20H,8-16H2,1-2H3/q+1/t18-,19+,20-,21+,22+/m0/s1. The third-order valence-electron chi connectivity index (χ3n) is 7.43. The summed E-state index contributed by atoms with van der Waals surface area (Å²) in [6.45, 7) is 7.78. The van der Waals surface area contributed by atoms with E-state index in [1.165, 1.54) is 35.9 Å². The van der Waals surface area contributed by atoms with E-state index >= 15 is 0 Å². The first-order chi connectivity index (χ1) is 12.2. The van der Waals surface area contributed by atoms with Crippen molar-refractivity contribution in [3.8, 4) is 0 Å². The van der Waals surface area contributed by atoms with Gasteiger partial charge in [-0.2, -0.15) is 0 Å². The van der Waals surface area contributed by atoms with Crippen molar-refractivity contribution in [1.29, 1.82) is 0 Å². The SMILES string of the molecule is COCCOCO[C@H]1C[N@+]2(Cc3ccccc3)CC[C@@H]3CC[C@H]1[C@@]32C. The minimum atomic E-state index is 0.335. The highest BCUT2D eigenvalue weighted by atomic mass is 16.7. The molecule has 0 radical (unpaired) electrons. The second-order valence-corrected chi connectivity index (χ2v) is 8.31. The predicted molar refractivity (Wildman–Crippen MR) is 96.9 cm³/mol. The Morgan fingerprint density at radius 2 is 1.96 bits per heavy atom. The average Bonchev–Trinajstić information content (AvgIpc) is 3.18. The van der Waals surface area contributed by atoms with Crippen molar-refractivity contribution in [3.63, 3.8) is 0 Å². The molecule has 2 aliphatic heterocycles. The van der Waals surface area contributed by atoms with Crippen molar-refractivity contribution in [3.05, 3.63) is 35.9 Å². The van der Waals surface area contributed by atoms with Gasteiger partial charge < -0.3 is 18.7 Å². The minimum absolute atomic E-state index is 0.335. The maximum atomic E-state index is 6.25. The molecule has 0 spiro atoms. The fourth-order valence-corrected chi connectivity index (χ4v) is 6.16. The number of methoxy groups -OCH3 is 1. The van der Waals surface area contributed by atoms with Crippen LogP contribution in [0, 0.1) is 11.8 Å². The fourth-order valence-electron chi connectivity index (χ4n) is 6.16. The van der Waals surface area contributed by atoms with Crippen LogP contribution < -0.4 is 0 Å². The Morgan fingerprint density at radius 1 is 1.12 bits per heavy atom. The molecule has 1 saturated carbocycles. The number of rotatable bonds is 8. The third kappa shape index (κ3) is 2.84. The van der Waals surface area contributed by atoms with Gasteiger partial charge in [-0.25, -0.2) is 0 Å². The first-order valence-corrected chi connectivity index (χ1v) is 9.78. The summed E-state index contributed by atoms with van der Waals surface area (Å²) in [4.78, 5) is 0. The number of quaternary nitrogens is 1. The Hall–Kier alpha value is -0.940. The molecule has 3 fully saturated rings.